The van der Waals surface area contributed by atoms with Crippen LogP contribution in [-0.2, 0) is 0 Å². The highest BCUT2D eigenvalue weighted by atomic mass is 19.3. The van der Waals surface area contributed by atoms with Gasteiger partial charge >= 0.3 is 0 Å². The fourth-order valence-corrected chi connectivity index (χ4v) is 0.867. The van der Waals surface area contributed by atoms with Crippen molar-refractivity contribution in [3.8, 4) is 0 Å². The number of rotatable bonds is 6. The van der Waals surface area contributed by atoms with Crippen molar-refractivity contribution < 1.29 is 22.7 Å². The fourth-order valence-electron chi connectivity index (χ4n) is 0.867. The lowest BCUT2D eigenvalue weighted by Gasteiger charge is -2.20. The number of halogens is 4. The Hall–Kier alpha value is -0.360. The quantitative estimate of drug-likeness (QED) is 0.503. The van der Waals surface area contributed by atoms with Crippen LogP contribution < -0.4 is 5.32 Å². The second kappa shape index (κ2) is 4.76. The summed E-state index contributed by atoms with van der Waals surface area (Å²) in [4.78, 5) is 0. The summed E-state index contributed by atoms with van der Waals surface area (Å²) in [5.74, 6) is -6.81. The van der Waals surface area contributed by atoms with Crippen LogP contribution in [0.5, 0.6) is 0 Å². The molecule has 0 unspecified atom stereocenters. The topological polar surface area (TPSA) is 32.3 Å². The number of alkyl halides is 4. The Labute approximate surface area is 73.9 Å². The number of hydrogen-bond donors (Lipinski definition) is 2. The van der Waals surface area contributed by atoms with Gasteiger partial charge in [0, 0.05) is 6.54 Å². The summed E-state index contributed by atoms with van der Waals surface area (Å²) < 4.78 is 49.6. The predicted molar refractivity (Wildman–Crippen MR) is 40.1 cm³/mol. The first-order valence-corrected chi connectivity index (χ1v) is 3.84. The van der Waals surface area contributed by atoms with Crippen molar-refractivity contribution in [2.45, 2.75) is 25.2 Å². The SMILES string of the molecule is CC(F)(F)CC(F)(F)CNCCO. The van der Waals surface area contributed by atoms with Crippen LogP contribution >= 0.6 is 0 Å². The van der Waals surface area contributed by atoms with Gasteiger partial charge in [0.1, 0.15) is 0 Å². The summed E-state index contributed by atoms with van der Waals surface area (Å²) in [6.07, 6.45) is -1.47. The molecule has 0 amide bonds. The van der Waals surface area contributed by atoms with Crippen molar-refractivity contribution in [2.75, 3.05) is 19.7 Å². The van der Waals surface area contributed by atoms with Gasteiger partial charge in [0.2, 0.25) is 0 Å². The average Bonchev–Trinajstić information content (AvgIpc) is 1.81. The molecule has 0 aliphatic carbocycles. The molecule has 0 radical (unpaired) electrons. The molecule has 0 spiro atoms. The van der Waals surface area contributed by atoms with Crippen LogP contribution in [0.1, 0.15) is 13.3 Å². The number of aliphatic hydroxyl groups is 1. The molecule has 0 aromatic heterocycles. The minimum absolute atomic E-state index is 0.0229. The normalized spacial score (nSPS) is 13.4. The summed E-state index contributed by atoms with van der Waals surface area (Å²) in [6, 6.07) is 0. The molecule has 0 heterocycles. The molecule has 2 nitrogen and oxygen atoms in total. The van der Waals surface area contributed by atoms with Gasteiger partial charge < -0.3 is 10.4 Å². The van der Waals surface area contributed by atoms with Gasteiger partial charge in [-0.05, 0) is 6.92 Å². The summed E-state index contributed by atoms with van der Waals surface area (Å²) in [7, 11) is 0. The molecule has 0 saturated carbocycles. The molecule has 13 heavy (non-hydrogen) atoms. The van der Waals surface area contributed by atoms with Gasteiger partial charge in [-0.15, -0.1) is 0 Å². The van der Waals surface area contributed by atoms with Crippen molar-refractivity contribution in [1.29, 1.82) is 0 Å². The zero-order chi connectivity index (χ0) is 10.5. The highest BCUT2D eigenvalue weighted by Crippen LogP contribution is 2.29. The van der Waals surface area contributed by atoms with Crippen molar-refractivity contribution in [3.63, 3.8) is 0 Å². The Balaban J connectivity index is 3.80. The van der Waals surface area contributed by atoms with Gasteiger partial charge in [-0.2, -0.15) is 0 Å². The zero-order valence-corrected chi connectivity index (χ0v) is 7.29. The van der Waals surface area contributed by atoms with E-state index >= 15 is 0 Å². The minimum Gasteiger partial charge on any atom is -0.395 e. The third-order valence-corrected chi connectivity index (χ3v) is 1.24. The van der Waals surface area contributed by atoms with E-state index in [9.17, 15) is 17.6 Å². The highest BCUT2D eigenvalue weighted by molar-refractivity contribution is 4.76. The minimum atomic E-state index is -3.44. The van der Waals surface area contributed by atoms with E-state index in [1.165, 1.54) is 0 Å². The van der Waals surface area contributed by atoms with E-state index in [2.05, 4.69) is 5.32 Å². The Kier molecular flexibility index (Phi) is 4.63. The molecule has 0 bridgehead atoms. The maximum atomic E-state index is 12.6. The first kappa shape index (κ1) is 12.6. The fraction of sp³-hybridized carbons (Fsp3) is 1.00. The molecule has 80 valence electrons. The zero-order valence-electron chi connectivity index (χ0n) is 7.29. The van der Waals surface area contributed by atoms with E-state index in [0.29, 0.717) is 6.92 Å². The standard InChI is InChI=1S/C7H13F4NO/c1-6(8,9)4-7(10,11)5-12-2-3-13/h12-13H,2-5H2,1H3. The summed E-state index contributed by atoms with van der Waals surface area (Å²) in [5.41, 5.74) is 0. The second-order valence-electron chi connectivity index (χ2n) is 3.00. The third-order valence-electron chi connectivity index (χ3n) is 1.24. The smallest absolute Gasteiger partial charge is 0.266 e. The van der Waals surface area contributed by atoms with Gasteiger partial charge in [-0.25, -0.2) is 17.6 Å². The van der Waals surface area contributed by atoms with Crippen LogP contribution in [0.15, 0.2) is 0 Å². The monoisotopic (exact) mass is 203 g/mol. The van der Waals surface area contributed by atoms with Crippen LogP contribution in [0.2, 0.25) is 0 Å². The first-order valence-electron chi connectivity index (χ1n) is 3.84. The van der Waals surface area contributed by atoms with Gasteiger partial charge in [-0.3, -0.25) is 0 Å². The highest BCUT2D eigenvalue weighted by Gasteiger charge is 2.39. The average molecular weight is 203 g/mol. The van der Waals surface area contributed by atoms with Gasteiger partial charge in [0.05, 0.1) is 19.6 Å². The molecule has 0 aliphatic rings. The lowest BCUT2D eigenvalue weighted by Crippen LogP contribution is -2.38. The Morgan fingerprint density at radius 2 is 1.77 bits per heavy atom. The van der Waals surface area contributed by atoms with Crippen molar-refractivity contribution in [1.82, 2.24) is 5.32 Å². The van der Waals surface area contributed by atoms with Crippen LogP contribution in [-0.4, -0.2) is 36.6 Å². The lowest BCUT2D eigenvalue weighted by atomic mass is 10.1. The Morgan fingerprint density at radius 3 is 2.15 bits per heavy atom. The van der Waals surface area contributed by atoms with Crippen LogP contribution in [0, 0.1) is 0 Å². The van der Waals surface area contributed by atoms with Crippen molar-refractivity contribution >= 4 is 0 Å². The van der Waals surface area contributed by atoms with E-state index in [-0.39, 0.29) is 13.2 Å². The molecular weight excluding hydrogens is 190 g/mol. The van der Waals surface area contributed by atoms with E-state index < -0.39 is 24.8 Å². The van der Waals surface area contributed by atoms with Gasteiger partial charge in [0.25, 0.3) is 11.8 Å². The lowest BCUT2D eigenvalue weighted by molar-refractivity contribution is -0.0985. The summed E-state index contributed by atoms with van der Waals surface area (Å²) >= 11 is 0. The summed E-state index contributed by atoms with van der Waals surface area (Å²) in [6.45, 7) is -0.701. The first-order chi connectivity index (χ1) is 5.77. The number of hydrogen-bond acceptors (Lipinski definition) is 2. The third kappa shape index (κ3) is 7.98. The molecule has 0 aliphatic heterocycles. The molecule has 0 fully saturated rings. The summed E-state index contributed by atoms with van der Waals surface area (Å²) in [5, 5.41) is 10.4. The van der Waals surface area contributed by atoms with E-state index in [4.69, 9.17) is 5.11 Å². The van der Waals surface area contributed by atoms with Crippen molar-refractivity contribution in [2.24, 2.45) is 0 Å². The second-order valence-corrected chi connectivity index (χ2v) is 3.00. The van der Waals surface area contributed by atoms with Crippen LogP contribution in [0.25, 0.3) is 0 Å². The van der Waals surface area contributed by atoms with Crippen molar-refractivity contribution in [3.05, 3.63) is 0 Å². The van der Waals surface area contributed by atoms with E-state index in [1.54, 1.807) is 0 Å². The molecule has 0 saturated heterocycles. The molecule has 0 atom stereocenters. The largest absolute Gasteiger partial charge is 0.395 e. The van der Waals surface area contributed by atoms with Gasteiger partial charge in [-0.1, -0.05) is 0 Å². The molecule has 0 rings (SSSR count). The van der Waals surface area contributed by atoms with Gasteiger partial charge in [0.15, 0.2) is 0 Å². The molecule has 2 N–H and O–H groups in total. The number of aliphatic hydroxyl groups excluding tert-OH is 1. The molecule has 0 aromatic carbocycles. The predicted octanol–water partition coefficient (Wildman–Crippen LogP) is 1.25. The molecule has 0 aromatic rings. The Morgan fingerprint density at radius 1 is 1.23 bits per heavy atom. The van der Waals surface area contributed by atoms with Crippen LogP contribution in [0.3, 0.4) is 0 Å². The maximum Gasteiger partial charge on any atom is 0.266 e. The van der Waals surface area contributed by atoms with Crippen LogP contribution in [0.4, 0.5) is 17.6 Å². The number of nitrogens with one attached hydrogen (secondary N) is 1. The van der Waals surface area contributed by atoms with E-state index in [0.717, 1.165) is 0 Å². The Bertz CT molecular complexity index is 146. The molecular formula is C7H13F4NO. The van der Waals surface area contributed by atoms with E-state index in [1.807, 2.05) is 0 Å². The molecule has 6 heteroatoms. The maximum absolute atomic E-state index is 12.6.